The monoisotopic (exact) mass is 309 g/mol. The molecular formula is C16H23NO3S. The number of hydrogen-bond donors (Lipinski definition) is 2. The van der Waals surface area contributed by atoms with Gasteiger partial charge in [-0.15, -0.1) is 11.8 Å². The summed E-state index contributed by atoms with van der Waals surface area (Å²) in [6, 6.07) is 7.91. The molecule has 0 aromatic heterocycles. The Morgan fingerprint density at radius 2 is 2.29 bits per heavy atom. The standard InChI is InChI=1S/C16H23NO3S/c1-3-10-17-16(15(18)19)9-8-12(11-16)21-14-7-5-4-6-13(14)20-2/h4-7,12,17H,3,8-11H2,1-2H3,(H,18,19). The molecule has 1 fully saturated rings. The van der Waals surface area contributed by atoms with Crippen LogP contribution in [0.4, 0.5) is 0 Å². The lowest BCUT2D eigenvalue weighted by Gasteiger charge is -2.26. The fourth-order valence-electron chi connectivity index (χ4n) is 2.79. The molecule has 2 atom stereocenters. The van der Waals surface area contributed by atoms with Gasteiger partial charge in [0.05, 0.1) is 7.11 Å². The number of nitrogens with one attached hydrogen (secondary N) is 1. The van der Waals surface area contributed by atoms with Crippen molar-refractivity contribution in [3.8, 4) is 5.75 Å². The average Bonchev–Trinajstić information content (AvgIpc) is 2.90. The first-order valence-electron chi connectivity index (χ1n) is 7.39. The van der Waals surface area contributed by atoms with Crippen molar-refractivity contribution in [2.24, 2.45) is 0 Å². The maximum Gasteiger partial charge on any atom is 0.323 e. The lowest BCUT2D eigenvalue weighted by atomic mass is 9.98. The zero-order valence-corrected chi connectivity index (χ0v) is 13.4. The number of thioether (sulfide) groups is 1. The smallest absolute Gasteiger partial charge is 0.323 e. The van der Waals surface area contributed by atoms with Gasteiger partial charge in [0.1, 0.15) is 11.3 Å². The Hall–Kier alpha value is -1.20. The number of carboxylic acids is 1. The third kappa shape index (κ3) is 3.71. The Morgan fingerprint density at radius 1 is 1.52 bits per heavy atom. The van der Waals surface area contributed by atoms with Crippen molar-refractivity contribution in [3.63, 3.8) is 0 Å². The highest BCUT2D eigenvalue weighted by Gasteiger charge is 2.45. The first-order chi connectivity index (χ1) is 10.1. The number of carbonyl (C=O) groups is 1. The highest BCUT2D eigenvalue weighted by molar-refractivity contribution is 8.00. The van der Waals surface area contributed by atoms with Crippen LogP contribution in [0, 0.1) is 0 Å². The van der Waals surface area contributed by atoms with Crippen LogP contribution in [0.1, 0.15) is 32.6 Å². The van der Waals surface area contributed by atoms with Crippen LogP contribution >= 0.6 is 11.8 Å². The lowest BCUT2D eigenvalue weighted by molar-refractivity contribution is -0.144. The van der Waals surface area contributed by atoms with Crippen LogP contribution < -0.4 is 10.1 Å². The minimum atomic E-state index is -0.754. The van der Waals surface area contributed by atoms with Crippen LogP contribution in [0.25, 0.3) is 0 Å². The number of hydrogen-bond acceptors (Lipinski definition) is 4. The Bertz CT molecular complexity index is 494. The number of carboxylic acid groups (broad SMARTS) is 1. The van der Waals surface area contributed by atoms with Crippen molar-refractivity contribution in [2.45, 2.75) is 48.3 Å². The normalized spacial score (nSPS) is 25.0. The van der Waals surface area contributed by atoms with E-state index in [9.17, 15) is 9.90 Å². The lowest BCUT2D eigenvalue weighted by Crippen LogP contribution is -2.50. The molecule has 1 aliphatic carbocycles. The molecule has 0 heterocycles. The second-order valence-corrected chi connectivity index (χ2v) is 6.79. The van der Waals surface area contributed by atoms with Gasteiger partial charge in [-0.2, -0.15) is 0 Å². The van der Waals surface area contributed by atoms with Crippen molar-refractivity contribution < 1.29 is 14.6 Å². The van der Waals surface area contributed by atoms with Gasteiger partial charge in [-0.1, -0.05) is 19.1 Å². The van der Waals surface area contributed by atoms with Gasteiger partial charge in [-0.25, -0.2) is 0 Å². The molecule has 2 N–H and O–H groups in total. The van der Waals surface area contributed by atoms with Gasteiger partial charge in [0.2, 0.25) is 0 Å². The zero-order valence-electron chi connectivity index (χ0n) is 12.6. The number of methoxy groups -OCH3 is 1. The van der Waals surface area contributed by atoms with E-state index in [1.807, 2.05) is 24.3 Å². The van der Waals surface area contributed by atoms with Crippen LogP contribution in [0.5, 0.6) is 5.75 Å². The molecule has 1 aromatic carbocycles. The fraction of sp³-hybridized carbons (Fsp3) is 0.562. The predicted octanol–water partition coefficient (Wildman–Crippen LogP) is 3.16. The van der Waals surface area contributed by atoms with Gasteiger partial charge >= 0.3 is 5.97 Å². The van der Waals surface area contributed by atoms with Crippen LogP contribution in [-0.4, -0.2) is 35.5 Å². The second kappa shape index (κ2) is 7.18. The molecule has 2 rings (SSSR count). The Kier molecular flexibility index (Phi) is 5.53. The number of rotatable bonds is 7. The van der Waals surface area contributed by atoms with E-state index in [0.29, 0.717) is 18.1 Å². The number of para-hydroxylation sites is 1. The predicted molar refractivity (Wildman–Crippen MR) is 85.2 cm³/mol. The van der Waals surface area contributed by atoms with Crippen molar-refractivity contribution >= 4 is 17.7 Å². The molecule has 0 amide bonds. The first kappa shape index (κ1) is 16.2. The summed E-state index contributed by atoms with van der Waals surface area (Å²) in [5.74, 6) is 0.135. The molecule has 0 spiro atoms. The van der Waals surface area contributed by atoms with E-state index in [1.54, 1.807) is 18.9 Å². The molecule has 116 valence electrons. The van der Waals surface area contributed by atoms with E-state index < -0.39 is 11.5 Å². The first-order valence-corrected chi connectivity index (χ1v) is 8.27. The minimum Gasteiger partial charge on any atom is -0.496 e. The molecule has 4 nitrogen and oxygen atoms in total. The van der Waals surface area contributed by atoms with E-state index >= 15 is 0 Å². The third-order valence-electron chi connectivity index (χ3n) is 3.95. The topological polar surface area (TPSA) is 58.6 Å². The van der Waals surface area contributed by atoms with Crippen molar-refractivity contribution in [3.05, 3.63) is 24.3 Å². The number of aliphatic carboxylic acids is 1. The number of benzene rings is 1. The van der Waals surface area contributed by atoms with Crippen LogP contribution in [0.2, 0.25) is 0 Å². The van der Waals surface area contributed by atoms with Crippen molar-refractivity contribution in [1.29, 1.82) is 0 Å². The maximum atomic E-state index is 11.7. The Balaban J connectivity index is 2.05. The minimum absolute atomic E-state index is 0.307. The molecule has 2 unspecified atom stereocenters. The van der Waals surface area contributed by atoms with E-state index in [0.717, 1.165) is 30.0 Å². The summed E-state index contributed by atoms with van der Waals surface area (Å²) in [6.45, 7) is 2.80. The summed E-state index contributed by atoms with van der Waals surface area (Å²) in [7, 11) is 1.67. The fourth-order valence-corrected chi connectivity index (χ4v) is 4.18. The van der Waals surface area contributed by atoms with E-state index in [2.05, 4.69) is 12.2 Å². The summed E-state index contributed by atoms with van der Waals surface area (Å²) in [5, 5.41) is 13.1. The van der Waals surface area contributed by atoms with Gasteiger partial charge in [0.25, 0.3) is 0 Å². The van der Waals surface area contributed by atoms with Gasteiger partial charge in [-0.3, -0.25) is 4.79 Å². The average molecular weight is 309 g/mol. The molecular weight excluding hydrogens is 286 g/mol. The summed E-state index contributed by atoms with van der Waals surface area (Å²) in [6.07, 6.45) is 3.20. The second-order valence-electron chi connectivity index (χ2n) is 5.45. The SMILES string of the molecule is CCCNC1(C(=O)O)CCC(Sc2ccccc2OC)C1. The molecule has 0 bridgehead atoms. The van der Waals surface area contributed by atoms with Gasteiger partial charge < -0.3 is 15.2 Å². The van der Waals surface area contributed by atoms with Gasteiger partial charge in [-0.05, 0) is 44.4 Å². The zero-order chi connectivity index (χ0) is 15.3. The molecule has 21 heavy (non-hydrogen) atoms. The highest BCUT2D eigenvalue weighted by atomic mass is 32.2. The number of ether oxygens (including phenoxy) is 1. The Labute approximate surface area is 130 Å². The van der Waals surface area contributed by atoms with Gasteiger partial charge in [0, 0.05) is 10.1 Å². The maximum absolute atomic E-state index is 11.7. The van der Waals surface area contributed by atoms with Crippen LogP contribution in [-0.2, 0) is 4.79 Å². The molecule has 1 saturated carbocycles. The summed E-state index contributed by atoms with van der Waals surface area (Å²) in [4.78, 5) is 12.7. The molecule has 1 aromatic rings. The van der Waals surface area contributed by atoms with E-state index in [-0.39, 0.29) is 0 Å². The molecule has 0 saturated heterocycles. The van der Waals surface area contributed by atoms with E-state index in [4.69, 9.17) is 4.74 Å². The van der Waals surface area contributed by atoms with Crippen molar-refractivity contribution in [2.75, 3.05) is 13.7 Å². The quantitative estimate of drug-likeness (QED) is 0.810. The van der Waals surface area contributed by atoms with Crippen LogP contribution in [0.3, 0.4) is 0 Å². The molecule has 0 aliphatic heterocycles. The van der Waals surface area contributed by atoms with Gasteiger partial charge in [0.15, 0.2) is 0 Å². The molecule has 0 radical (unpaired) electrons. The summed E-state index contributed by atoms with van der Waals surface area (Å²) < 4.78 is 5.37. The van der Waals surface area contributed by atoms with E-state index in [1.165, 1.54) is 0 Å². The highest BCUT2D eigenvalue weighted by Crippen LogP contribution is 2.42. The van der Waals surface area contributed by atoms with Crippen molar-refractivity contribution in [1.82, 2.24) is 5.32 Å². The molecule has 5 heteroatoms. The Morgan fingerprint density at radius 3 is 2.95 bits per heavy atom. The third-order valence-corrected chi connectivity index (χ3v) is 5.28. The summed E-state index contributed by atoms with van der Waals surface area (Å²) >= 11 is 1.73. The summed E-state index contributed by atoms with van der Waals surface area (Å²) in [5.41, 5.74) is -0.754. The molecule has 1 aliphatic rings. The largest absolute Gasteiger partial charge is 0.496 e. The van der Waals surface area contributed by atoms with Crippen LogP contribution in [0.15, 0.2) is 29.2 Å².